The fourth-order valence-corrected chi connectivity index (χ4v) is 2.96. The molecule has 0 radical (unpaired) electrons. The van der Waals surface area contributed by atoms with Gasteiger partial charge in [-0.05, 0) is 24.3 Å². The van der Waals surface area contributed by atoms with Gasteiger partial charge in [0.15, 0.2) is 5.65 Å². The lowest BCUT2D eigenvalue weighted by Gasteiger charge is -2.15. The number of rotatable bonds is 4. The Hall–Kier alpha value is -3.96. The molecule has 0 spiro atoms. The van der Waals surface area contributed by atoms with Crippen LogP contribution in [0.25, 0.3) is 16.7 Å². The quantitative estimate of drug-likeness (QED) is 0.547. The van der Waals surface area contributed by atoms with E-state index in [4.69, 9.17) is 0 Å². The molecule has 0 aliphatic rings. The van der Waals surface area contributed by atoms with Crippen molar-refractivity contribution in [2.45, 2.75) is 12.7 Å². The van der Waals surface area contributed by atoms with Crippen molar-refractivity contribution < 1.29 is 18.0 Å². The number of carbonyl (C=O) groups excluding carboxylic acids is 1. The van der Waals surface area contributed by atoms with Crippen LogP contribution in [0.3, 0.4) is 0 Å². The van der Waals surface area contributed by atoms with Crippen LogP contribution in [0.2, 0.25) is 0 Å². The average Bonchev–Trinajstić information content (AvgIpc) is 3.34. The Morgan fingerprint density at radius 2 is 2.03 bits per heavy atom. The summed E-state index contributed by atoms with van der Waals surface area (Å²) < 4.78 is 44.3. The topological polar surface area (TPSA) is 99.6 Å². The van der Waals surface area contributed by atoms with Crippen molar-refractivity contribution in [3.05, 3.63) is 65.1 Å². The van der Waals surface area contributed by atoms with Gasteiger partial charge in [0.25, 0.3) is 5.56 Å². The number of alkyl halides is 3. The molecule has 1 amide bonds. The molecular weight excluding hydrogens is 403 g/mol. The summed E-state index contributed by atoms with van der Waals surface area (Å²) in [5.41, 5.74) is -1.45. The van der Waals surface area contributed by atoms with E-state index in [0.29, 0.717) is 5.65 Å². The predicted octanol–water partition coefficient (Wildman–Crippen LogP) is 1.97. The van der Waals surface area contributed by atoms with Gasteiger partial charge in [0.05, 0.1) is 23.1 Å². The van der Waals surface area contributed by atoms with Crippen LogP contribution in [0.15, 0.2) is 54.0 Å². The number of aryl methyl sites for hydroxylation is 1. The molecule has 0 fully saturated rings. The zero-order chi connectivity index (χ0) is 21.5. The Bertz CT molecular complexity index is 1290. The highest BCUT2D eigenvalue weighted by Gasteiger charge is 2.34. The zero-order valence-electron chi connectivity index (χ0n) is 15.5. The van der Waals surface area contributed by atoms with E-state index >= 15 is 0 Å². The smallest absolute Gasteiger partial charge is 0.324 e. The first kappa shape index (κ1) is 19.4. The van der Waals surface area contributed by atoms with Crippen molar-refractivity contribution in [3.8, 4) is 5.69 Å². The molecule has 0 saturated carbocycles. The molecule has 1 aromatic carbocycles. The van der Waals surface area contributed by atoms with E-state index in [1.807, 2.05) is 0 Å². The number of nitrogens with zero attached hydrogens (tertiary/aromatic N) is 6. The molecule has 154 valence electrons. The monoisotopic (exact) mass is 417 g/mol. The second kappa shape index (κ2) is 7.13. The van der Waals surface area contributed by atoms with Gasteiger partial charge in [0.1, 0.15) is 18.3 Å². The summed E-state index contributed by atoms with van der Waals surface area (Å²) in [6.45, 7) is -0.505. The van der Waals surface area contributed by atoms with Crippen molar-refractivity contribution in [3.63, 3.8) is 0 Å². The van der Waals surface area contributed by atoms with Crippen LogP contribution in [0.1, 0.15) is 5.56 Å². The van der Waals surface area contributed by atoms with E-state index in [1.54, 1.807) is 13.1 Å². The first-order chi connectivity index (χ1) is 14.2. The first-order valence-electron chi connectivity index (χ1n) is 8.62. The number of anilines is 1. The SMILES string of the molecule is Cn1ncc2c(=O)n(CC(=O)Nc3ccc(-n4cccn4)cc3C(F)(F)F)cnc21. The number of fused-ring (bicyclic) bond motifs is 1. The van der Waals surface area contributed by atoms with Gasteiger partial charge in [0, 0.05) is 19.4 Å². The number of aromatic nitrogens is 6. The highest BCUT2D eigenvalue weighted by molar-refractivity contribution is 5.91. The standard InChI is InChI=1S/C18H14F3N7O2/c1-26-16-12(8-24-26)17(30)27(10-22-16)9-15(29)25-14-4-3-11(28-6-2-5-23-28)7-13(14)18(19,20)21/h2-8,10H,9H2,1H3,(H,25,29). The number of benzene rings is 1. The molecule has 4 rings (SSSR count). The van der Waals surface area contributed by atoms with Crippen molar-refractivity contribution in [2.24, 2.45) is 7.05 Å². The van der Waals surface area contributed by atoms with Crippen molar-refractivity contribution in [1.82, 2.24) is 29.1 Å². The summed E-state index contributed by atoms with van der Waals surface area (Å²) in [6.07, 6.45) is 0.695. The molecule has 30 heavy (non-hydrogen) atoms. The summed E-state index contributed by atoms with van der Waals surface area (Å²) in [5.74, 6) is -0.806. The van der Waals surface area contributed by atoms with Gasteiger partial charge in [-0.25, -0.2) is 9.67 Å². The number of carbonyl (C=O) groups is 1. The Balaban J connectivity index is 1.61. The van der Waals surface area contributed by atoms with Gasteiger partial charge >= 0.3 is 6.18 Å². The molecule has 12 heteroatoms. The lowest BCUT2D eigenvalue weighted by molar-refractivity contribution is -0.137. The Kier molecular flexibility index (Phi) is 4.60. The van der Waals surface area contributed by atoms with Gasteiger partial charge in [-0.1, -0.05) is 0 Å². The van der Waals surface area contributed by atoms with Gasteiger partial charge in [-0.3, -0.25) is 18.8 Å². The predicted molar refractivity (Wildman–Crippen MR) is 100.0 cm³/mol. The second-order valence-corrected chi connectivity index (χ2v) is 6.41. The van der Waals surface area contributed by atoms with Crippen LogP contribution in [0.4, 0.5) is 18.9 Å². The summed E-state index contributed by atoms with van der Waals surface area (Å²) in [4.78, 5) is 28.8. The van der Waals surface area contributed by atoms with Gasteiger partial charge in [0.2, 0.25) is 5.91 Å². The fourth-order valence-electron chi connectivity index (χ4n) is 2.96. The fraction of sp³-hybridized carbons (Fsp3) is 0.167. The third-order valence-electron chi connectivity index (χ3n) is 4.38. The highest BCUT2D eigenvalue weighted by Crippen LogP contribution is 2.36. The normalized spacial score (nSPS) is 11.7. The number of halogens is 3. The molecule has 0 aliphatic carbocycles. The largest absolute Gasteiger partial charge is 0.418 e. The van der Waals surface area contributed by atoms with E-state index in [2.05, 4.69) is 20.5 Å². The third-order valence-corrected chi connectivity index (χ3v) is 4.38. The number of hydrogen-bond donors (Lipinski definition) is 1. The zero-order valence-corrected chi connectivity index (χ0v) is 15.5. The van der Waals surface area contributed by atoms with Crippen LogP contribution < -0.4 is 10.9 Å². The van der Waals surface area contributed by atoms with Crippen molar-refractivity contribution in [2.75, 3.05) is 5.32 Å². The molecule has 1 N–H and O–H groups in total. The van der Waals surface area contributed by atoms with Gasteiger partial charge in [-0.2, -0.15) is 23.4 Å². The summed E-state index contributed by atoms with van der Waals surface area (Å²) in [7, 11) is 1.61. The third kappa shape index (κ3) is 3.54. The van der Waals surface area contributed by atoms with Crippen LogP contribution >= 0.6 is 0 Å². The molecule has 0 bridgehead atoms. The maximum Gasteiger partial charge on any atom is 0.418 e. The second-order valence-electron chi connectivity index (χ2n) is 6.41. The van der Waals surface area contributed by atoms with Crippen LogP contribution in [-0.4, -0.2) is 35.0 Å². The van der Waals surface area contributed by atoms with Gasteiger partial charge in [-0.15, -0.1) is 0 Å². The average molecular weight is 417 g/mol. The molecule has 0 aliphatic heterocycles. The molecule has 0 unspecified atom stereocenters. The number of hydrogen-bond acceptors (Lipinski definition) is 5. The van der Waals surface area contributed by atoms with Crippen molar-refractivity contribution in [1.29, 1.82) is 0 Å². The maximum atomic E-state index is 13.5. The molecule has 0 atom stereocenters. The summed E-state index contributed by atoms with van der Waals surface area (Å²) in [5, 5.41) is 10.2. The Morgan fingerprint density at radius 3 is 2.73 bits per heavy atom. The number of nitrogens with one attached hydrogen (secondary N) is 1. The molecule has 9 nitrogen and oxygen atoms in total. The number of amides is 1. The van der Waals surface area contributed by atoms with Crippen LogP contribution in [0, 0.1) is 0 Å². The maximum absolute atomic E-state index is 13.5. The van der Waals surface area contributed by atoms with E-state index in [0.717, 1.165) is 23.0 Å². The van der Waals surface area contributed by atoms with Crippen molar-refractivity contribution >= 4 is 22.6 Å². The molecule has 4 aromatic rings. The molecular formula is C18H14F3N7O2. The van der Waals surface area contributed by atoms with E-state index < -0.39 is 35.4 Å². The lowest BCUT2D eigenvalue weighted by atomic mass is 10.1. The Labute approximate surface area is 166 Å². The van der Waals surface area contributed by atoms with E-state index in [9.17, 15) is 22.8 Å². The van der Waals surface area contributed by atoms with Crippen LogP contribution in [-0.2, 0) is 24.6 Å². The van der Waals surface area contributed by atoms with E-state index in [1.165, 1.54) is 34.0 Å². The summed E-state index contributed by atoms with van der Waals surface area (Å²) in [6, 6.07) is 5.00. The lowest BCUT2D eigenvalue weighted by Crippen LogP contribution is -2.28. The Morgan fingerprint density at radius 1 is 1.23 bits per heavy atom. The molecule has 3 heterocycles. The van der Waals surface area contributed by atoms with Crippen LogP contribution in [0.5, 0.6) is 0 Å². The minimum absolute atomic E-state index is 0.188. The van der Waals surface area contributed by atoms with Gasteiger partial charge < -0.3 is 5.32 Å². The summed E-state index contributed by atoms with van der Waals surface area (Å²) >= 11 is 0. The van der Waals surface area contributed by atoms with E-state index in [-0.39, 0.29) is 11.1 Å². The highest BCUT2D eigenvalue weighted by atomic mass is 19.4. The molecule has 3 aromatic heterocycles. The first-order valence-corrected chi connectivity index (χ1v) is 8.62. The minimum atomic E-state index is -4.71. The minimum Gasteiger partial charge on any atom is -0.324 e. The molecule has 0 saturated heterocycles.